The number of carbonyl (C=O) groups excluding carboxylic acids is 7. The molecule has 240 valence electrons. The van der Waals surface area contributed by atoms with E-state index in [0.717, 1.165) is 24.8 Å². The zero-order valence-corrected chi connectivity index (χ0v) is 26.4. The smallest absolute Gasteiger partial charge is 0.253 e. The summed E-state index contributed by atoms with van der Waals surface area (Å²) in [4.78, 5) is 79.6. The predicted molar refractivity (Wildman–Crippen MR) is 166 cm³/mol. The second-order valence-electron chi connectivity index (χ2n) is 8.65. The average Bonchev–Trinajstić information content (AvgIpc) is 3.33. The molecule has 1 atom stereocenters. The van der Waals surface area contributed by atoms with E-state index >= 15 is 0 Å². The third-order valence-corrected chi connectivity index (χ3v) is 5.35. The lowest BCUT2D eigenvalue weighted by Crippen LogP contribution is -2.50. The fourth-order valence-corrected chi connectivity index (χ4v) is 3.44. The van der Waals surface area contributed by atoms with Gasteiger partial charge in [-0.2, -0.15) is 0 Å². The van der Waals surface area contributed by atoms with Gasteiger partial charge in [0.1, 0.15) is 11.8 Å². The molecule has 4 N–H and O–H groups in total. The van der Waals surface area contributed by atoms with E-state index in [1.165, 1.54) is 24.0 Å². The summed E-state index contributed by atoms with van der Waals surface area (Å²) in [6, 6.07) is 8.36. The summed E-state index contributed by atoms with van der Waals surface area (Å²) >= 11 is 0. The minimum atomic E-state index is -0.817. The summed E-state index contributed by atoms with van der Waals surface area (Å²) in [5, 5.41) is 9.96. The van der Waals surface area contributed by atoms with E-state index in [-0.39, 0.29) is 43.0 Å². The molecule has 2 rings (SSSR count). The molecule has 0 saturated carbocycles. The topological polar surface area (TPSA) is 171 Å². The van der Waals surface area contributed by atoms with Crippen molar-refractivity contribution in [1.29, 1.82) is 0 Å². The molecule has 43 heavy (non-hydrogen) atoms. The molecule has 0 spiro atoms. The maximum atomic E-state index is 12.1. The Kier molecular flexibility index (Phi) is 25.2. The standard InChI is InChI=1S/C15H19N3O4.C12H18N2O3.2C2H6/c1-11(20)8-17-15(22)13(18-14(21)9-16-10-19)7-12-5-3-2-4-6-12;1-2-13-10(15)6-4-3-5-9-14-11(16)7-8-12(14)17;2*1-2/h2-6,10,13H,7-9H2,1H3,(H,16,19)(H,17,22)(H,18,21);7-8H,2-6,9H2,1H3,(H,13,15);2*1-2H3. The number of hydrogen-bond donors (Lipinski definition) is 4. The second kappa shape index (κ2) is 26.5. The molecule has 0 fully saturated rings. The van der Waals surface area contributed by atoms with E-state index in [9.17, 15) is 33.6 Å². The van der Waals surface area contributed by atoms with Crippen LogP contribution in [0.5, 0.6) is 0 Å². The molecule has 1 aromatic rings. The first-order valence-electron chi connectivity index (χ1n) is 14.8. The Morgan fingerprint density at radius 3 is 1.98 bits per heavy atom. The highest BCUT2D eigenvalue weighted by atomic mass is 16.2. The number of carbonyl (C=O) groups is 7. The molecule has 0 radical (unpaired) electrons. The summed E-state index contributed by atoms with van der Waals surface area (Å²) < 4.78 is 0. The number of imide groups is 1. The highest BCUT2D eigenvalue weighted by Crippen LogP contribution is 2.07. The van der Waals surface area contributed by atoms with Gasteiger partial charge in [0.05, 0.1) is 13.1 Å². The molecule has 6 amide bonds. The second-order valence-corrected chi connectivity index (χ2v) is 8.65. The van der Waals surface area contributed by atoms with E-state index in [4.69, 9.17) is 0 Å². The molecule has 1 unspecified atom stereocenters. The molecule has 1 heterocycles. The molecule has 1 aromatic carbocycles. The number of nitrogens with zero attached hydrogens (tertiary/aromatic N) is 1. The molecular weight excluding hydrogens is 554 g/mol. The van der Waals surface area contributed by atoms with Gasteiger partial charge in [-0.25, -0.2) is 0 Å². The normalized spacial score (nSPS) is 11.7. The molecule has 1 aliphatic rings. The molecule has 0 aromatic heterocycles. The fraction of sp³-hybridized carbons (Fsp3) is 0.516. The predicted octanol–water partition coefficient (Wildman–Crippen LogP) is 1.83. The largest absolute Gasteiger partial charge is 0.356 e. The third-order valence-electron chi connectivity index (χ3n) is 5.35. The number of benzene rings is 1. The van der Waals surface area contributed by atoms with Crippen molar-refractivity contribution in [2.24, 2.45) is 0 Å². The van der Waals surface area contributed by atoms with Crippen molar-refractivity contribution in [1.82, 2.24) is 26.2 Å². The van der Waals surface area contributed by atoms with Crippen LogP contribution in [0.1, 0.15) is 72.8 Å². The van der Waals surface area contributed by atoms with Gasteiger partial charge in [-0.1, -0.05) is 64.4 Å². The molecule has 1 aliphatic heterocycles. The van der Waals surface area contributed by atoms with Crippen molar-refractivity contribution in [2.45, 2.75) is 79.7 Å². The van der Waals surface area contributed by atoms with Gasteiger partial charge in [-0.15, -0.1) is 0 Å². The summed E-state index contributed by atoms with van der Waals surface area (Å²) in [5.41, 5.74) is 0.870. The first kappa shape index (κ1) is 40.8. The number of nitrogens with one attached hydrogen (secondary N) is 4. The van der Waals surface area contributed by atoms with Crippen LogP contribution in [0.2, 0.25) is 0 Å². The Hall–Kier alpha value is -4.35. The maximum Gasteiger partial charge on any atom is 0.253 e. The van der Waals surface area contributed by atoms with Crippen LogP contribution in [0.25, 0.3) is 0 Å². The zero-order valence-electron chi connectivity index (χ0n) is 26.4. The van der Waals surface area contributed by atoms with Gasteiger partial charge in [0.2, 0.25) is 24.1 Å². The van der Waals surface area contributed by atoms with Gasteiger partial charge in [-0.05, 0) is 32.3 Å². The first-order chi connectivity index (χ1) is 20.7. The highest BCUT2D eigenvalue weighted by molar-refractivity contribution is 6.12. The molecule has 12 heteroatoms. The average molecular weight is 604 g/mol. The van der Waals surface area contributed by atoms with E-state index in [1.807, 2.05) is 65.0 Å². The fourth-order valence-electron chi connectivity index (χ4n) is 3.44. The molecule has 0 aliphatic carbocycles. The molecule has 12 nitrogen and oxygen atoms in total. The Bertz CT molecular complexity index is 1010. The monoisotopic (exact) mass is 603 g/mol. The highest BCUT2D eigenvalue weighted by Gasteiger charge is 2.22. The minimum Gasteiger partial charge on any atom is -0.356 e. The van der Waals surface area contributed by atoms with E-state index in [0.29, 0.717) is 25.9 Å². The van der Waals surface area contributed by atoms with Gasteiger partial charge < -0.3 is 21.3 Å². The van der Waals surface area contributed by atoms with Gasteiger partial charge >= 0.3 is 0 Å². The van der Waals surface area contributed by atoms with E-state index in [2.05, 4.69) is 21.3 Å². The van der Waals surface area contributed by atoms with Crippen molar-refractivity contribution in [2.75, 3.05) is 26.2 Å². The van der Waals surface area contributed by atoms with Crippen LogP contribution in [0.15, 0.2) is 42.5 Å². The third kappa shape index (κ3) is 20.2. The molecular formula is C31H49N5O7. The first-order valence-corrected chi connectivity index (χ1v) is 14.8. The summed E-state index contributed by atoms with van der Waals surface area (Å²) in [7, 11) is 0. The van der Waals surface area contributed by atoms with E-state index in [1.54, 1.807) is 0 Å². The number of ketones is 1. The van der Waals surface area contributed by atoms with Crippen molar-refractivity contribution >= 4 is 41.7 Å². The van der Waals surface area contributed by atoms with Gasteiger partial charge in [0.25, 0.3) is 11.8 Å². The summed E-state index contributed by atoms with van der Waals surface area (Å²) in [6.45, 7) is 12.0. The lowest BCUT2D eigenvalue weighted by Gasteiger charge is -2.18. The number of rotatable bonds is 16. The van der Waals surface area contributed by atoms with Crippen LogP contribution in [-0.4, -0.2) is 78.9 Å². The lowest BCUT2D eigenvalue weighted by atomic mass is 10.1. The van der Waals surface area contributed by atoms with Crippen molar-refractivity contribution in [3.63, 3.8) is 0 Å². The zero-order chi connectivity index (χ0) is 33.0. The van der Waals surface area contributed by atoms with Gasteiger partial charge in [0, 0.05) is 38.1 Å². The van der Waals surface area contributed by atoms with Crippen molar-refractivity contribution in [3.05, 3.63) is 48.0 Å². The van der Waals surface area contributed by atoms with Crippen LogP contribution in [0.4, 0.5) is 0 Å². The number of amides is 6. The van der Waals surface area contributed by atoms with E-state index < -0.39 is 17.9 Å². The number of Topliss-reactive ketones (excluding diaryl/α,β-unsaturated/α-hetero) is 1. The van der Waals surface area contributed by atoms with Crippen LogP contribution in [0, 0.1) is 0 Å². The van der Waals surface area contributed by atoms with Crippen molar-refractivity contribution in [3.8, 4) is 0 Å². The van der Waals surface area contributed by atoms with Crippen LogP contribution < -0.4 is 21.3 Å². The van der Waals surface area contributed by atoms with Gasteiger partial charge in [-0.3, -0.25) is 38.5 Å². The van der Waals surface area contributed by atoms with Crippen LogP contribution >= 0.6 is 0 Å². The number of hydrogen-bond acceptors (Lipinski definition) is 7. The lowest BCUT2D eigenvalue weighted by molar-refractivity contribution is -0.137. The maximum absolute atomic E-state index is 12.1. The SMILES string of the molecule is CC.CC.CC(=O)CNC(=O)C(Cc1ccccc1)NC(=O)CNC=O.CCNC(=O)CCCCCN1C(=O)C=CC1=O. The number of unbranched alkanes of at least 4 members (excludes halogenated alkanes) is 2. The quantitative estimate of drug-likeness (QED) is 0.127. The van der Waals surface area contributed by atoms with Gasteiger partial charge in [0.15, 0.2) is 0 Å². The molecule has 0 saturated heterocycles. The Morgan fingerprint density at radius 2 is 1.44 bits per heavy atom. The minimum absolute atomic E-state index is 0.0579. The Morgan fingerprint density at radius 1 is 0.837 bits per heavy atom. The van der Waals surface area contributed by atoms with Crippen LogP contribution in [-0.2, 0) is 40.0 Å². The molecule has 0 bridgehead atoms. The summed E-state index contributed by atoms with van der Waals surface area (Å²) in [5.74, 6) is -1.52. The summed E-state index contributed by atoms with van der Waals surface area (Å²) in [6.07, 6.45) is 6.16. The van der Waals surface area contributed by atoms with Crippen molar-refractivity contribution < 1.29 is 33.6 Å². The Balaban J connectivity index is 0. The Labute approximate surface area is 255 Å². The van der Waals surface area contributed by atoms with Crippen LogP contribution in [0.3, 0.4) is 0 Å².